The molecular weight excluding hydrogens is 368 g/mol. The van der Waals surface area contributed by atoms with E-state index >= 15 is 0 Å². The van der Waals surface area contributed by atoms with Crippen molar-refractivity contribution in [3.05, 3.63) is 29.8 Å². The minimum atomic E-state index is -3.07. The Balaban J connectivity index is 1.91. The summed E-state index contributed by atoms with van der Waals surface area (Å²) in [5.74, 6) is 1.83. The maximum Gasteiger partial charge on any atom is 0.185 e. The van der Waals surface area contributed by atoms with Gasteiger partial charge in [0.1, 0.15) is 5.75 Å². The lowest BCUT2D eigenvalue weighted by molar-refractivity contribution is 0.413. The van der Waals surface area contributed by atoms with E-state index in [1.54, 1.807) is 24.2 Å². The lowest BCUT2D eigenvalue weighted by Crippen LogP contribution is -2.14. The van der Waals surface area contributed by atoms with E-state index in [0.717, 1.165) is 22.5 Å². The highest BCUT2D eigenvalue weighted by atomic mass is 32.2. The molecule has 4 rings (SSSR count). The molecule has 10 heteroatoms. The SMILES string of the molecule is COc1cnc(C)cc1-c1nc(-c2cn[nH]c2C)nn1C1CCS(=O)(=O)C1. The summed E-state index contributed by atoms with van der Waals surface area (Å²) in [7, 11) is -1.50. The molecule has 27 heavy (non-hydrogen) atoms. The normalized spacial score (nSPS) is 18.7. The fourth-order valence-electron chi connectivity index (χ4n) is 3.30. The number of hydrogen-bond acceptors (Lipinski definition) is 7. The lowest BCUT2D eigenvalue weighted by Gasteiger charge is -2.14. The van der Waals surface area contributed by atoms with E-state index in [1.165, 1.54) is 0 Å². The molecule has 0 saturated carbocycles. The van der Waals surface area contributed by atoms with Crippen LogP contribution in [0.15, 0.2) is 18.5 Å². The molecule has 3 aromatic heterocycles. The molecule has 1 fully saturated rings. The molecule has 0 bridgehead atoms. The van der Waals surface area contributed by atoms with Crippen LogP contribution < -0.4 is 4.74 Å². The van der Waals surface area contributed by atoms with Crippen molar-refractivity contribution in [1.29, 1.82) is 0 Å². The first kappa shape index (κ1) is 17.7. The number of methoxy groups -OCH3 is 1. The number of pyridine rings is 1. The van der Waals surface area contributed by atoms with Crippen molar-refractivity contribution in [3.63, 3.8) is 0 Å². The van der Waals surface area contributed by atoms with Gasteiger partial charge >= 0.3 is 0 Å². The van der Waals surface area contributed by atoms with Crippen LogP contribution in [0, 0.1) is 13.8 Å². The van der Waals surface area contributed by atoms with Crippen molar-refractivity contribution >= 4 is 9.84 Å². The Bertz CT molecular complexity index is 1100. The van der Waals surface area contributed by atoms with Crippen LogP contribution in [0.3, 0.4) is 0 Å². The van der Waals surface area contributed by atoms with Crippen molar-refractivity contribution in [1.82, 2.24) is 29.9 Å². The summed E-state index contributed by atoms with van der Waals surface area (Å²) in [5.41, 5.74) is 3.16. The van der Waals surface area contributed by atoms with Gasteiger partial charge < -0.3 is 4.74 Å². The van der Waals surface area contributed by atoms with Crippen LogP contribution in [0.25, 0.3) is 22.8 Å². The zero-order chi connectivity index (χ0) is 19.2. The maximum absolute atomic E-state index is 12.0. The molecule has 1 N–H and O–H groups in total. The van der Waals surface area contributed by atoms with Crippen molar-refractivity contribution in [2.45, 2.75) is 26.3 Å². The number of H-pyrrole nitrogens is 1. The van der Waals surface area contributed by atoms with E-state index in [1.807, 2.05) is 19.9 Å². The predicted molar refractivity (Wildman–Crippen MR) is 99.2 cm³/mol. The fraction of sp³-hybridized carbons (Fsp3) is 0.412. The minimum absolute atomic E-state index is 0.0551. The molecule has 0 aromatic carbocycles. The van der Waals surface area contributed by atoms with Gasteiger partial charge in [0.05, 0.1) is 48.2 Å². The second-order valence-electron chi connectivity index (χ2n) is 6.70. The zero-order valence-corrected chi connectivity index (χ0v) is 16.1. The second kappa shape index (κ2) is 6.45. The van der Waals surface area contributed by atoms with E-state index in [2.05, 4.69) is 20.3 Å². The summed E-state index contributed by atoms with van der Waals surface area (Å²) in [6.45, 7) is 3.77. The van der Waals surface area contributed by atoms with Gasteiger partial charge in [-0.05, 0) is 26.3 Å². The Kier molecular flexibility index (Phi) is 4.22. The van der Waals surface area contributed by atoms with Crippen LogP contribution in [0.1, 0.15) is 23.9 Å². The third kappa shape index (κ3) is 3.20. The molecule has 0 radical (unpaired) electrons. The van der Waals surface area contributed by atoms with Crippen LogP contribution in [0.5, 0.6) is 5.75 Å². The number of rotatable bonds is 4. The predicted octanol–water partition coefficient (Wildman–Crippen LogP) is 1.72. The van der Waals surface area contributed by atoms with E-state index in [9.17, 15) is 8.42 Å². The molecule has 1 aliphatic heterocycles. The summed E-state index contributed by atoms with van der Waals surface area (Å²) in [5, 5.41) is 11.6. The summed E-state index contributed by atoms with van der Waals surface area (Å²) < 4.78 is 31.2. The standard InChI is InChI=1S/C17H20N6O3S/c1-10-6-13(15(26-3)8-18-10)17-20-16(14-7-19-21-11(14)2)22-23(17)12-4-5-27(24,25)9-12/h6-8,12H,4-5,9H2,1-3H3,(H,19,21). The van der Waals surface area contributed by atoms with Gasteiger partial charge in [0.25, 0.3) is 0 Å². The number of ether oxygens (including phenoxy) is 1. The van der Waals surface area contributed by atoms with Gasteiger partial charge in [0, 0.05) is 11.4 Å². The summed E-state index contributed by atoms with van der Waals surface area (Å²) >= 11 is 0. The highest BCUT2D eigenvalue weighted by Gasteiger charge is 2.33. The number of nitrogens with one attached hydrogen (secondary N) is 1. The molecule has 3 aromatic rings. The molecule has 0 spiro atoms. The van der Waals surface area contributed by atoms with Crippen molar-refractivity contribution in [2.24, 2.45) is 0 Å². The largest absolute Gasteiger partial charge is 0.494 e. The summed E-state index contributed by atoms with van der Waals surface area (Å²) in [6, 6.07) is 1.60. The molecule has 0 aliphatic carbocycles. The van der Waals surface area contributed by atoms with Gasteiger partial charge in [-0.15, -0.1) is 5.10 Å². The van der Waals surface area contributed by atoms with Gasteiger partial charge in [-0.3, -0.25) is 10.1 Å². The highest BCUT2D eigenvalue weighted by molar-refractivity contribution is 7.91. The number of aromatic amines is 1. The topological polar surface area (TPSA) is 116 Å². The third-order valence-corrected chi connectivity index (χ3v) is 6.47. The molecule has 9 nitrogen and oxygen atoms in total. The van der Waals surface area contributed by atoms with Crippen LogP contribution in [-0.2, 0) is 9.84 Å². The average Bonchev–Trinajstić information content (AvgIpc) is 3.32. The van der Waals surface area contributed by atoms with E-state index < -0.39 is 9.84 Å². The van der Waals surface area contributed by atoms with E-state index in [-0.39, 0.29) is 17.5 Å². The zero-order valence-electron chi connectivity index (χ0n) is 15.3. The Morgan fingerprint density at radius 1 is 1.26 bits per heavy atom. The Labute approximate surface area is 156 Å². The Hall–Kier alpha value is -2.75. The first-order chi connectivity index (χ1) is 12.9. The summed E-state index contributed by atoms with van der Waals surface area (Å²) in [6.07, 6.45) is 3.81. The number of aromatic nitrogens is 6. The van der Waals surface area contributed by atoms with Crippen LogP contribution in [0.4, 0.5) is 0 Å². The molecule has 1 saturated heterocycles. The quantitative estimate of drug-likeness (QED) is 0.723. The first-order valence-corrected chi connectivity index (χ1v) is 10.4. The molecule has 142 valence electrons. The Morgan fingerprint density at radius 2 is 2.07 bits per heavy atom. The van der Waals surface area contributed by atoms with E-state index in [4.69, 9.17) is 9.72 Å². The summed E-state index contributed by atoms with van der Waals surface area (Å²) in [4.78, 5) is 8.98. The Morgan fingerprint density at radius 3 is 2.70 bits per heavy atom. The number of nitrogens with zero attached hydrogens (tertiary/aromatic N) is 5. The number of sulfone groups is 1. The van der Waals surface area contributed by atoms with Gasteiger partial charge in [-0.25, -0.2) is 18.1 Å². The van der Waals surface area contributed by atoms with Crippen LogP contribution in [0.2, 0.25) is 0 Å². The maximum atomic E-state index is 12.0. The van der Waals surface area contributed by atoms with Crippen molar-refractivity contribution in [3.8, 4) is 28.5 Å². The lowest BCUT2D eigenvalue weighted by atomic mass is 10.2. The monoisotopic (exact) mass is 388 g/mol. The molecular formula is C17H20N6O3S. The number of aryl methyl sites for hydroxylation is 2. The van der Waals surface area contributed by atoms with Crippen molar-refractivity contribution < 1.29 is 13.2 Å². The van der Waals surface area contributed by atoms with E-state index in [0.29, 0.717) is 23.8 Å². The highest BCUT2D eigenvalue weighted by Crippen LogP contribution is 2.35. The van der Waals surface area contributed by atoms with Gasteiger partial charge in [-0.2, -0.15) is 5.10 Å². The van der Waals surface area contributed by atoms with Gasteiger partial charge in [-0.1, -0.05) is 0 Å². The number of hydrogen-bond donors (Lipinski definition) is 1. The molecule has 0 amide bonds. The third-order valence-electron chi connectivity index (χ3n) is 4.72. The molecule has 1 aliphatic rings. The van der Waals surface area contributed by atoms with Gasteiger partial charge in [0.15, 0.2) is 21.5 Å². The van der Waals surface area contributed by atoms with Crippen molar-refractivity contribution in [2.75, 3.05) is 18.6 Å². The fourth-order valence-corrected chi connectivity index (χ4v) is 5.00. The van der Waals surface area contributed by atoms with Crippen LogP contribution in [-0.4, -0.2) is 57.0 Å². The minimum Gasteiger partial charge on any atom is -0.494 e. The molecule has 1 unspecified atom stereocenters. The second-order valence-corrected chi connectivity index (χ2v) is 8.92. The van der Waals surface area contributed by atoms with Gasteiger partial charge in [0.2, 0.25) is 0 Å². The molecule has 4 heterocycles. The average molecular weight is 388 g/mol. The molecule has 1 atom stereocenters. The smallest absolute Gasteiger partial charge is 0.185 e. The van der Waals surface area contributed by atoms with Crippen LogP contribution >= 0.6 is 0 Å². The first-order valence-electron chi connectivity index (χ1n) is 8.56.